The molecule has 3 rings (SSSR count). The molecule has 2 aromatic rings. The summed E-state index contributed by atoms with van der Waals surface area (Å²) in [7, 11) is 0. The van der Waals surface area contributed by atoms with Crippen molar-refractivity contribution in [1.29, 1.82) is 0 Å². The van der Waals surface area contributed by atoms with E-state index < -0.39 is 23.3 Å². The van der Waals surface area contributed by atoms with Crippen LogP contribution in [0.1, 0.15) is 5.69 Å². The first-order valence-corrected chi connectivity index (χ1v) is 7.02. The topological polar surface area (TPSA) is 97.7 Å². The second-order valence-corrected chi connectivity index (χ2v) is 5.50. The van der Waals surface area contributed by atoms with Crippen molar-refractivity contribution in [3.8, 4) is 12.3 Å². The summed E-state index contributed by atoms with van der Waals surface area (Å²) in [6.07, 6.45) is 1.26. The van der Waals surface area contributed by atoms with Gasteiger partial charge in [0.1, 0.15) is 23.6 Å². The molecule has 120 valence electrons. The van der Waals surface area contributed by atoms with Gasteiger partial charge in [0.15, 0.2) is 5.65 Å². The highest BCUT2D eigenvalue weighted by molar-refractivity contribution is 8.14. The first-order valence-electron chi connectivity index (χ1n) is 6.03. The van der Waals surface area contributed by atoms with Gasteiger partial charge in [-0.25, -0.2) is 19.2 Å². The molecule has 12 heteroatoms. The minimum absolute atomic E-state index is 0.0624. The fraction of sp³-hybridized carbons (Fsp3) is 0.364. The monoisotopic (exact) mass is 344 g/mol. The van der Waals surface area contributed by atoms with Crippen molar-refractivity contribution in [1.82, 2.24) is 24.4 Å². The normalized spacial score (nSPS) is 21.4. The zero-order chi connectivity index (χ0) is 16.8. The number of hydrogen-bond acceptors (Lipinski definition) is 7. The van der Waals surface area contributed by atoms with Gasteiger partial charge in [0.25, 0.3) is 5.72 Å². The largest absolute Gasteiger partial charge is 0.439 e. The molecule has 2 aromatic heterocycles. The van der Waals surface area contributed by atoms with Gasteiger partial charge in [0.2, 0.25) is 0 Å². The lowest BCUT2D eigenvalue weighted by Crippen LogP contribution is -2.43. The van der Waals surface area contributed by atoms with E-state index in [1.54, 1.807) is 0 Å². The molecule has 1 aliphatic heterocycles. The summed E-state index contributed by atoms with van der Waals surface area (Å²) in [4.78, 5) is 19.2. The molecule has 1 N–H and O–H groups in total. The molecule has 0 aliphatic carbocycles. The van der Waals surface area contributed by atoms with Crippen LogP contribution in [0.5, 0.6) is 0 Å². The highest BCUT2D eigenvalue weighted by Crippen LogP contribution is 2.40. The summed E-state index contributed by atoms with van der Waals surface area (Å²) >= 11 is 0.664. The van der Waals surface area contributed by atoms with Crippen LogP contribution in [0.2, 0.25) is 0 Å². The van der Waals surface area contributed by atoms with E-state index in [-0.39, 0.29) is 22.9 Å². The average Bonchev–Trinajstić information content (AvgIpc) is 3.06. The Balaban J connectivity index is 2.10. The maximum Gasteiger partial charge on any atom is 0.439 e. The van der Waals surface area contributed by atoms with Crippen molar-refractivity contribution in [3.63, 3.8) is 0 Å². The molecule has 0 radical (unpaired) electrons. The van der Waals surface area contributed by atoms with Crippen molar-refractivity contribution in [2.75, 3.05) is 5.75 Å². The van der Waals surface area contributed by atoms with Gasteiger partial charge in [0.05, 0.1) is 5.75 Å². The number of imidazole rings is 1. The molecule has 0 saturated carbocycles. The molecule has 0 aromatic carbocycles. The number of aliphatic hydroxyl groups is 1. The van der Waals surface area contributed by atoms with Crippen LogP contribution in [0, 0.1) is 12.3 Å². The number of rotatable bonds is 2. The van der Waals surface area contributed by atoms with Gasteiger partial charge in [-0.3, -0.25) is 0 Å². The van der Waals surface area contributed by atoms with Gasteiger partial charge in [-0.15, -0.1) is 11.5 Å². The van der Waals surface area contributed by atoms with E-state index in [0.717, 1.165) is 15.4 Å². The molecule has 23 heavy (non-hydrogen) atoms. The summed E-state index contributed by atoms with van der Waals surface area (Å²) in [6.45, 7) is -0.112. The van der Waals surface area contributed by atoms with Crippen molar-refractivity contribution in [2.24, 2.45) is 4.99 Å². The molecular formula is C11H7F3N6O2S. The summed E-state index contributed by atoms with van der Waals surface area (Å²) in [5, 5.41) is 16.7. The summed E-state index contributed by atoms with van der Waals surface area (Å²) in [6, 6.07) is 0. The highest BCUT2D eigenvalue weighted by atomic mass is 32.2. The zero-order valence-corrected chi connectivity index (χ0v) is 12.0. The van der Waals surface area contributed by atoms with Crippen LogP contribution < -0.4 is 5.69 Å². The molecule has 0 saturated heterocycles. The molecular weight excluding hydrogens is 337 g/mol. The molecule has 8 nitrogen and oxygen atoms in total. The van der Waals surface area contributed by atoms with Crippen LogP contribution in [-0.4, -0.2) is 52.2 Å². The van der Waals surface area contributed by atoms with E-state index in [0.29, 0.717) is 11.8 Å². The summed E-state index contributed by atoms with van der Waals surface area (Å²) in [5.74, 6) is 1.52. The second-order valence-electron chi connectivity index (χ2n) is 4.54. The smallest absolute Gasteiger partial charge is 0.361 e. The van der Waals surface area contributed by atoms with Crippen molar-refractivity contribution < 1.29 is 18.3 Å². The van der Waals surface area contributed by atoms with Crippen LogP contribution in [0.25, 0.3) is 5.65 Å². The van der Waals surface area contributed by atoms with Crippen LogP contribution in [0.15, 0.2) is 16.1 Å². The van der Waals surface area contributed by atoms with E-state index in [2.05, 4.69) is 26.2 Å². The maximum atomic E-state index is 12.8. The Morgan fingerprint density at radius 2 is 2.26 bits per heavy atom. The van der Waals surface area contributed by atoms with E-state index in [1.165, 1.54) is 0 Å². The Morgan fingerprint density at radius 3 is 2.87 bits per heavy atom. The number of fused-ring (bicyclic) bond motifs is 1. The SMILES string of the molecule is C#CCn1nnc2c(C3=NC(O)(C(F)(F)F)CS3)ncn2c1=O. The molecule has 1 aliphatic rings. The fourth-order valence-electron chi connectivity index (χ4n) is 1.84. The number of aliphatic imine (C=N–C) groups is 1. The number of thioether (sulfide) groups is 1. The predicted molar refractivity (Wildman–Crippen MR) is 73.9 cm³/mol. The molecule has 0 spiro atoms. The number of halogens is 3. The van der Waals surface area contributed by atoms with E-state index in [9.17, 15) is 23.1 Å². The Hall–Kier alpha value is -2.39. The molecule has 0 fully saturated rings. The van der Waals surface area contributed by atoms with Gasteiger partial charge in [0, 0.05) is 0 Å². The molecule has 1 unspecified atom stereocenters. The molecule has 3 heterocycles. The Bertz CT molecular complexity index is 911. The second kappa shape index (κ2) is 5.07. The van der Waals surface area contributed by atoms with E-state index in [1.807, 2.05) is 0 Å². The predicted octanol–water partition coefficient (Wildman–Crippen LogP) is -0.337. The summed E-state index contributed by atoms with van der Waals surface area (Å²) < 4.78 is 40.2. The number of aromatic nitrogens is 5. The van der Waals surface area contributed by atoms with Crippen LogP contribution in [0.4, 0.5) is 13.2 Å². The van der Waals surface area contributed by atoms with Crippen LogP contribution >= 0.6 is 11.8 Å². The first-order chi connectivity index (χ1) is 10.8. The third-order valence-corrected chi connectivity index (χ3v) is 4.12. The lowest BCUT2D eigenvalue weighted by Gasteiger charge is -2.20. The van der Waals surface area contributed by atoms with Crippen LogP contribution in [-0.2, 0) is 6.54 Å². The van der Waals surface area contributed by atoms with Gasteiger partial charge in [-0.1, -0.05) is 22.9 Å². The van der Waals surface area contributed by atoms with Gasteiger partial charge >= 0.3 is 11.9 Å². The quantitative estimate of drug-likeness (QED) is 0.749. The Kier molecular flexibility index (Phi) is 3.42. The minimum Gasteiger partial charge on any atom is -0.361 e. The fourth-order valence-corrected chi connectivity index (χ4v) is 2.90. The van der Waals surface area contributed by atoms with Crippen molar-refractivity contribution in [3.05, 3.63) is 22.5 Å². The molecule has 1 atom stereocenters. The highest BCUT2D eigenvalue weighted by Gasteiger charge is 2.57. The van der Waals surface area contributed by atoms with Crippen molar-refractivity contribution >= 4 is 22.5 Å². The third-order valence-electron chi connectivity index (χ3n) is 3.01. The molecule has 0 bridgehead atoms. The summed E-state index contributed by atoms with van der Waals surface area (Å²) in [5.41, 5.74) is -3.95. The number of alkyl halides is 3. The number of nitrogens with zero attached hydrogens (tertiary/aromatic N) is 6. The first kappa shape index (κ1) is 15.5. The van der Waals surface area contributed by atoms with Crippen LogP contribution in [0.3, 0.4) is 0 Å². The van der Waals surface area contributed by atoms with Gasteiger partial charge in [-0.2, -0.15) is 17.9 Å². The lowest BCUT2D eigenvalue weighted by atomic mass is 10.2. The standard InChI is InChI=1S/C11H7F3N6O2S/c1-2-3-20-9(21)19-5-15-6(7(19)17-18-20)8-16-10(22,4-23-8)11(12,13)14/h1,5,22H,3-4H2. The zero-order valence-electron chi connectivity index (χ0n) is 11.1. The Morgan fingerprint density at radius 1 is 1.52 bits per heavy atom. The van der Waals surface area contributed by atoms with Crippen molar-refractivity contribution in [2.45, 2.75) is 18.4 Å². The third kappa shape index (κ3) is 2.37. The number of hydrogen-bond donors (Lipinski definition) is 1. The Labute approximate surface area is 130 Å². The lowest BCUT2D eigenvalue weighted by molar-refractivity contribution is -0.245. The van der Waals surface area contributed by atoms with Gasteiger partial charge < -0.3 is 5.11 Å². The average molecular weight is 344 g/mol. The molecule has 0 amide bonds. The van der Waals surface area contributed by atoms with E-state index in [4.69, 9.17) is 6.42 Å². The van der Waals surface area contributed by atoms with Gasteiger partial charge in [-0.05, 0) is 0 Å². The number of terminal acetylenes is 1. The van der Waals surface area contributed by atoms with E-state index >= 15 is 0 Å². The minimum atomic E-state index is -4.91. The maximum absolute atomic E-state index is 12.8.